The minimum atomic E-state index is -0.383. The number of urea groups is 1. The standard InChI is InChI=1S/C31H39N5O2/c1-21(23-11-5-3-6-12-23)33-30(37)28-25-15-9-10-16-26(25)34-29(24-13-7-4-8-14-24)27(28)22(2)35-17-19-36(20-18-35)31(32)38/h4,7-10,13-16,21-23H,3,5-6,11-12,17-20H2,1-2H3,(H2,32,38)(H,33,37)/t21-,22?/m0/s1. The molecule has 0 radical (unpaired) electrons. The molecule has 0 bridgehead atoms. The number of para-hydroxylation sites is 1. The molecule has 3 N–H and O–H groups in total. The molecule has 200 valence electrons. The molecule has 7 nitrogen and oxygen atoms in total. The van der Waals surface area contributed by atoms with Crippen molar-refractivity contribution in [3.05, 3.63) is 65.7 Å². The minimum absolute atomic E-state index is 0.0310. The Morgan fingerprint density at radius 1 is 0.921 bits per heavy atom. The van der Waals surface area contributed by atoms with E-state index < -0.39 is 0 Å². The molecule has 1 aliphatic heterocycles. The lowest BCUT2D eigenvalue weighted by atomic mass is 9.84. The van der Waals surface area contributed by atoms with Gasteiger partial charge >= 0.3 is 6.03 Å². The fourth-order valence-electron chi connectivity index (χ4n) is 6.24. The Labute approximate surface area is 225 Å². The highest BCUT2D eigenvalue weighted by Crippen LogP contribution is 2.37. The number of primary amides is 1. The van der Waals surface area contributed by atoms with Crippen molar-refractivity contribution in [3.8, 4) is 11.3 Å². The van der Waals surface area contributed by atoms with Gasteiger partial charge in [-0.05, 0) is 38.7 Å². The number of carbonyl (C=O) groups excluding carboxylic acids is 2. The maximum absolute atomic E-state index is 14.2. The topological polar surface area (TPSA) is 91.6 Å². The third-order valence-electron chi connectivity index (χ3n) is 8.51. The van der Waals surface area contributed by atoms with Crippen molar-refractivity contribution in [2.24, 2.45) is 11.7 Å². The molecule has 1 saturated carbocycles. The monoisotopic (exact) mass is 513 g/mol. The van der Waals surface area contributed by atoms with Crippen LogP contribution in [0.1, 0.15) is 67.9 Å². The van der Waals surface area contributed by atoms with E-state index in [9.17, 15) is 9.59 Å². The van der Waals surface area contributed by atoms with Gasteiger partial charge in [-0.2, -0.15) is 0 Å². The molecule has 3 aromatic rings. The molecular weight excluding hydrogens is 474 g/mol. The maximum atomic E-state index is 14.2. The van der Waals surface area contributed by atoms with Crippen molar-refractivity contribution in [2.75, 3.05) is 26.2 Å². The first-order chi connectivity index (χ1) is 18.4. The number of rotatable bonds is 6. The Balaban J connectivity index is 1.60. The summed E-state index contributed by atoms with van der Waals surface area (Å²) in [4.78, 5) is 35.1. The van der Waals surface area contributed by atoms with Gasteiger partial charge in [-0.3, -0.25) is 9.69 Å². The highest BCUT2D eigenvalue weighted by molar-refractivity contribution is 6.09. The number of hydrogen-bond acceptors (Lipinski definition) is 4. The molecule has 2 atom stereocenters. The maximum Gasteiger partial charge on any atom is 0.314 e. The van der Waals surface area contributed by atoms with Gasteiger partial charge < -0.3 is 16.0 Å². The van der Waals surface area contributed by atoms with Gasteiger partial charge in [-0.25, -0.2) is 9.78 Å². The Hall–Kier alpha value is -3.45. The highest BCUT2D eigenvalue weighted by Gasteiger charge is 2.32. The average Bonchev–Trinajstić information content (AvgIpc) is 2.96. The molecule has 2 heterocycles. The lowest BCUT2D eigenvalue weighted by Crippen LogP contribution is -2.51. The van der Waals surface area contributed by atoms with E-state index in [4.69, 9.17) is 10.7 Å². The minimum Gasteiger partial charge on any atom is -0.351 e. The first-order valence-electron chi connectivity index (χ1n) is 14.0. The number of nitrogens with zero attached hydrogens (tertiary/aromatic N) is 3. The van der Waals surface area contributed by atoms with Crippen molar-refractivity contribution in [1.29, 1.82) is 0 Å². The number of aromatic nitrogens is 1. The highest BCUT2D eigenvalue weighted by atomic mass is 16.2. The van der Waals surface area contributed by atoms with E-state index >= 15 is 0 Å². The van der Waals surface area contributed by atoms with Crippen LogP contribution in [0.25, 0.3) is 22.2 Å². The fourth-order valence-corrected chi connectivity index (χ4v) is 6.24. The first kappa shape index (κ1) is 26.2. The molecule has 1 aliphatic carbocycles. The van der Waals surface area contributed by atoms with Crippen LogP contribution in [0.4, 0.5) is 4.79 Å². The van der Waals surface area contributed by atoms with Crippen molar-refractivity contribution in [3.63, 3.8) is 0 Å². The second kappa shape index (κ2) is 11.5. The van der Waals surface area contributed by atoms with Gasteiger partial charge in [0.1, 0.15) is 0 Å². The number of benzene rings is 2. The van der Waals surface area contributed by atoms with Gasteiger partial charge in [0.2, 0.25) is 0 Å². The Kier molecular flexibility index (Phi) is 7.93. The summed E-state index contributed by atoms with van der Waals surface area (Å²) in [5.41, 5.74) is 9.83. The van der Waals surface area contributed by atoms with E-state index in [2.05, 4.69) is 36.2 Å². The Morgan fingerprint density at radius 3 is 2.26 bits per heavy atom. The van der Waals surface area contributed by atoms with Gasteiger partial charge in [0.15, 0.2) is 0 Å². The zero-order valence-corrected chi connectivity index (χ0v) is 22.5. The number of nitrogens with two attached hydrogens (primary N) is 1. The Bertz CT molecular complexity index is 1280. The molecule has 3 amide bonds. The number of amides is 3. The predicted molar refractivity (Wildman–Crippen MR) is 152 cm³/mol. The molecule has 5 rings (SSSR count). The van der Waals surface area contributed by atoms with Gasteiger partial charge in [0, 0.05) is 54.8 Å². The lowest BCUT2D eigenvalue weighted by molar-refractivity contribution is 0.0913. The van der Waals surface area contributed by atoms with Crippen LogP contribution in [-0.4, -0.2) is 58.9 Å². The molecular formula is C31H39N5O2. The molecule has 2 aromatic carbocycles. The normalized spacial score (nSPS) is 18.7. The molecule has 1 aromatic heterocycles. The second-order valence-corrected chi connectivity index (χ2v) is 10.8. The van der Waals surface area contributed by atoms with Gasteiger partial charge in [0.05, 0.1) is 16.8 Å². The van der Waals surface area contributed by atoms with Gasteiger partial charge in [-0.1, -0.05) is 67.8 Å². The van der Waals surface area contributed by atoms with E-state index in [0.717, 1.165) is 27.7 Å². The number of pyridine rings is 1. The number of fused-ring (bicyclic) bond motifs is 1. The summed E-state index contributed by atoms with van der Waals surface area (Å²) in [5.74, 6) is 0.480. The van der Waals surface area contributed by atoms with Crippen LogP contribution in [0.3, 0.4) is 0 Å². The first-order valence-corrected chi connectivity index (χ1v) is 14.0. The zero-order chi connectivity index (χ0) is 26.6. The van der Waals surface area contributed by atoms with Crippen molar-refractivity contribution in [2.45, 2.75) is 58.0 Å². The zero-order valence-electron chi connectivity index (χ0n) is 22.5. The number of nitrogens with one attached hydrogen (secondary N) is 1. The van der Waals surface area contributed by atoms with Crippen LogP contribution < -0.4 is 11.1 Å². The average molecular weight is 514 g/mol. The molecule has 0 spiro atoms. The van der Waals surface area contributed by atoms with E-state index in [1.165, 1.54) is 32.1 Å². The molecule has 2 aliphatic rings. The molecule has 38 heavy (non-hydrogen) atoms. The SMILES string of the molecule is CC(c1c(-c2ccccc2)nc2ccccc2c1C(=O)N[C@@H](C)C1CCCCC1)N1CCN(C(N)=O)CC1. The predicted octanol–water partition coefficient (Wildman–Crippen LogP) is 5.36. The van der Waals surface area contributed by atoms with E-state index in [1.54, 1.807) is 4.90 Å². The lowest BCUT2D eigenvalue weighted by Gasteiger charge is -2.38. The fraction of sp³-hybridized carbons (Fsp3) is 0.452. The van der Waals surface area contributed by atoms with Crippen molar-refractivity contribution in [1.82, 2.24) is 20.1 Å². The summed E-state index contributed by atoms with van der Waals surface area (Å²) in [6, 6.07) is 17.7. The smallest absolute Gasteiger partial charge is 0.314 e. The summed E-state index contributed by atoms with van der Waals surface area (Å²) in [6.07, 6.45) is 6.10. The van der Waals surface area contributed by atoms with Crippen LogP contribution in [0.15, 0.2) is 54.6 Å². The summed E-state index contributed by atoms with van der Waals surface area (Å²) in [7, 11) is 0. The van der Waals surface area contributed by atoms with Crippen LogP contribution in [0, 0.1) is 5.92 Å². The number of carbonyl (C=O) groups is 2. The number of hydrogen-bond donors (Lipinski definition) is 2. The summed E-state index contributed by atoms with van der Waals surface area (Å²) < 4.78 is 0. The van der Waals surface area contributed by atoms with E-state index in [0.29, 0.717) is 37.7 Å². The summed E-state index contributed by atoms with van der Waals surface area (Å²) >= 11 is 0. The van der Waals surface area contributed by atoms with Crippen molar-refractivity contribution < 1.29 is 9.59 Å². The molecule has 1 unspecified atom stereocenters. The second-order valence-electron chi connectivity index (χ2n) is 10.8. The van der Waals surface area contributed by atoms with Crippen LogP contribution >= 0.6 is 0 Å². The largest absolute Gasteiger partial charge is 0.351 e. The van der Waals surface area contributed by atoms with Gasteiger partial charge in [-0.15, -0.1) is 0 Å². The third kappa shape index (κ3) is 5.39. The third-order valence-corrected chi connectivity index (χ3v) is 8.51. The van der Waals surface area contributed by atoms with Crippen LogP contribution in [0.2, 0.25) is 0 Å². The molecule has 7 heteroatoms. The Morgan fingerprint density at radius 2 is 1.58 bits per heavy atom. The van der Waals surface area contributed by atoms with E-state index in [1.807, 2.05) is 42.5 Å². The van der Waals surface area contributed by atoms with Crippen LogP contribution in [-0.2, 0) is 0 Å². The van der Waals surface area contributed by atoms with Gasteiger partial charge in [0.25, 0.3) is 5.91 Å². The molecule has 1 saturated heterocycles. The summed E-state index contributed by atoms with van der Waals surface area (Å²) in [5, 5.41) is 4.28. The van der Waals surface area contributed by atoms with Crippen molar-refractivity contribution >= 4 is 22.8 Å². The summed E-state index contributed by atoms with van der Waals surface area (Å²) in [6.45, 7) is 6.82. The van der Waals surface area contributed by atoms with Crippen LogP contribution in [0.5, 0.6) is 0 Å². The quantitative estimate of drug-likeness (QED) is 0.464. The van der Waals surface area contributed by atoms with E-state index in [-0.39, 0.29) is 24.0 Å². The molecule has 2 fully saturated rings. The number of piperazine rings is 1.